The van der Waals surface area contributed by atoms with E-state index in [0.717, 1.165) is 16.9 Å². The maximum absolute atomic E-state index is 12.8. The number of carbonyl (C=O) groups is 1. The summed E-state index contributed by atoms with van der Waals surface area (Å²) in [6.07, 6.45) is 0. The zero-order valence-electron chi connectivity index (χ0n) is 15.2. The van der Waals surface area contributed by atoms with E-state index in [0.29, 0.717) is 31.9 Å². The maximum atomic E-state index is 12.8. The minimum Gasteiger partial charge on any atom is -0.497 e. The van der Waals surface area contributed by atoms with E-state index < -0.39 is 0 Å². The third-order valence-corrected chi connectivity index (χ3v) is 5.85. The van der Waals surface area contributed by atoms with E-state index in [-0.39, 0.29) is 11.5 Å². The SMILES string of the molecule is COc1cccc(CNC(=O)c2sc(=S)n3c2[nH]c(=O)c2cc(C)ccc23)c1. The van der Waals surface area contributed by atoms with Crippen LogP contribution in [0.5, 0.6) is 5.75 Å². The molecule has 0 unspecified atom stereocenters. The number of carbonyl (C=O) groups excluding carboxylic acids is 1. The molecule has 0 aliphatic heterocycles. The number of aromatic amines is 1. The van der Waals surface area contributed by atoms with Crippen LogP contribution >= 0.6 is 23.6 Å². The monoisotopic (exact) mass is 411 g/mol. The number of H-pyrrole nitrogens is 1. The van der Waals surface area contributed by atoms with E-state index in [1.165, 1.54) is 11.3 Å². The highest BCUT2D eigenvalue weighted by atomic mass is 32.1. The first kappa shape index (κ1) is 18.4. The van der Waals surface area contributed by atoms with Crippen molar-refractivity contribution >= 4 is 46.0 Å². The van der Waals surface area contributed by atoms with Crippen LogP contribution in [-0.2, 0) is 6.54 Å². The Hall–Kier alpha value is -2.97. The molecule has 0 bridgehead atoms. The lowest BCUT2D eigenvalue weighted by Gasteiger charge is -2.07. The van der Waals surface area contributed by atoms with Crippen molar-refractivity contribution in [3.05, 3.63) is 72.8 Å². The fourth-order valence-electron chi connectivity index (χ4n) is 3.11. The number of methoxy groups -OCH3 is 1. The van der Waals surface area contributed by atoms with Crippen LogP contribution in [0.1, 0.15) is 20.8 Å². The van der Waals surface area contributed by atoms with Gasteiger partial charge in [-0.05, 0) is 49.0 Å². The van der Waals surface area contributed by atoms with E-state index in [9.17, 15) is 9.59 Å². The molecule has 28 heavy (non-hydrogen) atoms. The van der Waals surface area contributed by atoms with Crippen molar-refractivity contribution in [2.24, 2.45) is 0 Å². The van der Waals surface area contributed by atoms with Crippen LogP contribution in [0.25, 0.3) is 16.6 Å². The Balaban J connectivity index is 1.73. The Morgan fingerprint density at radius 3 is 2.89 bits per heavy atom. The Kier molecular flexibility index (Phi) is 4.74. The van der Waals surface area contributed by atoms with Crippen LogP contribution < -0.4 is 15.6 Å². The molecule has 0 fully saturated rings. The molecule has 0 saturated carbocycles. The predicted octanol–water partition coefficient (Wildman–Crippen LogP) is 3.82. The molecule has 0 radical (unpaired) electrons. The molecule has 0 aliphatic carbocycles. The number of nitrogens with one attached hydrogen (secondary N) is 2. The fraction of sp³-hybridized carbons (Fsp3) is 0.150. The number of fused-ring (bicyclic) bond motifs is 3. The molecule has 4 aromatic rings. The minimum atomic E-state index is -0.288. The predicted molar refractivity (Wildman–Crippen MR) is 113 cm³/mol. The lowest BCUT2D eigenvalue weighted by atomic mass is 10.1. The number of aryl methyl sites for hydroxylation is 1. The number of aromatic nitrogens is 2. The van der Waals surface area contributed by atoms with Crippen molar-refractivity contribution in [3.8, 4) is 5.75 Å². The van der Waals surface area contributed by atoms with Crippen LogP contribution in [0, 0.1) is 10.9 Å². The lowest BCUT2D eigenvalue weighted by Crippen LogP contribution is -2.23. The molecule has 2 heterocycles. The molecular weight excluding hydrogens is 394 g/mol. The second kappa shape index (κ2) is 7.21. The highest BCUT2D eigenvalue weighted by Crippen LogP contribution is 2.23. The summed E-state index contributed by atoms with van der Waals surface area (Å²) < 4.78 is 7.46. The highest BCUT2D eigenvalue weighted by molar-refractivity contribution is 7.73. The molecule has 8 heteroatoms. The molecule has 1 amide bonds. The van der Waals surface area contributed by atoms with Gasteiger partial charge in [-0.1, -0.05) is 35.1 Å². The van der Waals surface area contributed by atoms with E-state index in [1.54, 1.807) is 11.5 Å². The van der Waals surface area contributed by atoms with Gasteiger partial charge in [0, 0.05) is 6.54 Å². The number of amides is 1. The molecule has 2 N–H and O–H groups in total. The topological polar surface area (TPSA) is 75.6 Å². The van der Waals surface area contributed by atoms with Crippen molar-refractivity contribution in [2.75, 3.05) is 7.11 Å². The molecular formula is C20H17N3O3S2. The first-order valence-electron chi connectivity index (χ1n) is 8.57. The molecule has 0 aliphatic rings. The zero-order valence-corrected chi connectivity index (χ0v) is 16.9. The molecule has 0 saturated heterocycles. The summed E-state index contributed by atoms with van der Waals surface area (Å²) >= 11 is 6.65. The summed E-state index contributed by atoms with van der Waals surface area (Å²) in [6.45, 7) is 2.26. The second-order valence-corrected chi connectivity index (χ2v) is 8.03. The summed E-state index contributed by atoms with van der Waals surface area (Å²) in [4.78, 5) is 28.5. The zero-order chi connectivity index (χ0) is 19.8. The van der Waals surface area contributed by atoms with Gasteiger partial charge in [0.15, 0.2) is 3.95 Å². The third-order valence-electron chi connectivity index (χ3n) is 4.47. The van der Waals surface area contributed by atoms with Gasteiger partial charge in [0.25, 0.3) is 11.5 Å². The van der Waals surface area contributed by atoms with Gasteiger partial charge in [0.1, 0.15) is 16.3 Å². The Labute approximate surface area is 169 Å². The van der Waals surface area contributed by atoms with Crippen molar-refractivity contribution < 1.29 is 9.53 Å². The van der Waals surface area contributed by atoms with Gasteiger partial charge in [0.2, 0.25) is 0 Å². The van der Waals surface area contributed by atoms with Crippen molar-refractivity contribution in [2.45, 2.75) is 13.5 Å². The molecule has 2 aromatic carbocycles. The first-order valence-corrected chi connectivity index (χ1v) is 9.80. The number of thiazole rings is 1. The fourth-order valence-corrected chi connectivity index (χ4v) is 4.41. The molecule has 0 atom stereocenters. The number of hydrogen-bond acceptors (Lipinski definition) is 5. The van der Waals surface area contributed by atoms with Crippen LogP contribution in [-0.4, -0.2) is 22.4 Å². The van der Waals surface area contributed by atoms with Gasteiger partial charge >= 0.3 is 0 Å². The number of ether oxygens (including phenoxy) is 1. The summed E-state index contributed by atoms with van der Waals surface area (Å²) in [7, 11) is 1.60. The van der Waals surface area contributed by atoms with E-state index in [1.807, 2.05) is 49.4 Å². The molecule has 6 nitrogen and oxygen atoms in total. The maximum Gasteiger partial charge on any atom is 0.265 e. The molecule has 4 rings (SSSR count). The van der Waals surface area contributed by atoms with Gasteiger partial charge < -0.3 is 15.0 Å². The smallest absolute Gasteiger partial charge is 0.265 e. The second-order valence-electron chi connectivity index (χ2n) is 6.39. The van der Waals surface area contributed by atoms with Crippen LogP contribution in [0.3, 0.4) is 0 Å². The van der Waals surface area contributed by atoms with Gasteiger partial charge in [-0.2, -0.15) is 0 Å². The molecule has 2 aromatic heterocycles. The van der Waals surface area contributed by atoms with Crippen molar-refractivity contribution in [3.63, 3.8) is 0 Å². The minimum absolute atomic E-state index is 0.242. The van der Waals surface area contributed by atoms with Gasteiger partial charge in [-0.25, -0.2) is 0 Å². The average molecular weight is 412 g/mol. The third kappa shape index (κ3) is 3.21. The number of rotatable bonds is 4. The summed E-state index contributed by atoms with van der Waals surface area (Å²) in [5.74, 6) is 0.436. The first-order chi connectivity index (χ1) is 13.5. The van der Waals surface area contributed by atoms with Crippen LogP contribution in [0.15, 0.2) is 47.3 Å². The normalized spacial score (nSPS) is 11.1. The Morgan fingerprint density at radius 1 is 1.29 bits per heavy atom. The Morgan fingerprint density at radius 2 is 2.11 bits per heavy atom. The summed E-state index contributed by atoms with van der Waals surface area (Å²) in [6, 6.07) is 13.1. The highest BCUT2D eigenvalue weighted by Gasteiger charge is 2.18. The molecule has 0 spiro atoms. The van der Waals surface area contributed by atoms with E-state index in [2.05, 4.69) is 10.3 Å². The van der Waals surface area contributed by atoms with Gasteiger partial charge in [-0.3, -0.25) is 14.0 Å². The van der Waals surface area contributed by atoms with Gasteiger partial charge in [-0.15, -0.1) is 0 Å². The van der Waals surface area contributed by atoms with Crippen molar-refractivity contribution in [1.29, 1.82) is 0 Å². The summed E-state index contributed by atoms with van der Waals surface area (Å²) in [5.41, 5.74) is 2.76. The van der Waals surface area contributed by atoms with Crippen LogP contribution in [0.4, 0.5) is 0 Å². The van der Waals surface area contributed by atoms with E-state index in [4.69, 9.17) is 17.0 Å². The van der Waals surface area contributed by atoms with E-state index >= 15 is 0 Å². The number of hydrogen-bond donors (Lipinski definition) is 2. The lowest BCUT2D eigenvalue weighted by molar-refractivity contribution is 0.0956. The number of benzene rings is 2. The van der Waals surface area contributed by atoms with Crippen molar-refractivity contribution in [1.82, 2.24) is 14.7 Å². The number of nitrogens with zero attached hydrogens (tertiary/aromatic N) is 1. The summed E-state index contributed by atoms with van der Waals surface area (Å²) in [5, 5.41) is 3.43. The van der Waals surface area contributed by atoms with Crippen LogP contribution in [0.2, 0.25) is 0 Å². The average Bonchev–Trinajstić information content (AvgIpc) is 3.03. The largest absolute Gasteiger partial charge is 0.497 e. The van der Waals surface area contributed by atoms with Gasteiger partial charge in [0.05, 0.1) is 18.0 Å². The standard InChI is InChI=1S/C20H17N3O3S2/c1-11-6-7-15-14(8-11)18(24)22-17-16(28-20(27)23(15)17)19(25)21-10-12-4-3-5-13(9-12)26-2/h3-9H,10H2,1-2H3,(H,21,25)(H,22,24). The molecule has 142 valence electrons. The quantitative estimate of drug-likeness (QED) is 0.501. The Bertz CT molecular complexity index is 1330.